The molecule has 0 unspecified atom stereocenters. The van der Waals surface area contributed by atoms with Crippen molar-refractivity contribution in [2.45, 2.75) is 39.7 Å². The molecule has 186 valence electrons. The first kappa shape index (κ1) is 24.9. The molecule has 37 heavy (non-hydrogen) atoms. The van der Waals surface area contributed by atoms with Gasteiger partial charge in [0.25, 0.3) is 5.56 Å². The first-order chi connectivity index (χ1) is 18.0. The number of unbranched alkanes of at least 4 members (excludes halogenated alkanes) is 1. The van der Waals surface area contributed by atoms with E-state index in [1.54, 1.807) is 12.3 Å². The number of halogens is 1. The van der Waals surface area contributed by atoms with Crippen LogP contribution in [0.3, 0.4) is 0 Å². The van der Waals surface area contributed by atoms with E-state index < -0.39 is 0 Å². The van der Waals surface area contributed by atoms with Crippen molar-refractivity contribution < 1.29 is 4.74 Å². The third-order valence-corrected chi connectivity index (χ3v) is 6.87. The molecule has 0 saturated carbocycles. The summed E-state index contributed by atoms with van der Waals surface area (Å²) in [5.41, 5.74) is 3.62. The molecule has 0 atom stereocenters. The third-order valence-electron chi connectivity index (χ3n) is 6.38. The molecule has 6 heteroatoms. The van der Waals surface area contributed by atoms with Crippen LogP contribution in [0.2, 0.25) is 0 Å². The molecule has 0 aliphatic heterocycles. The van der Waals surface area contributed by atoms with Gasteiger partial charge in [-0.2, -0.15) is 9.78 Å². The fourth-order valence-corrected chi connectivity index (χ4v) is 4.67. The van der Waals surface area contributed by atoms with E-state index in [1.807, 2.05) is 42.5 Å². The lowest BCUT2D eigenvalue weighted by Gasteiger charge is -2.13. The monoisotopic (exact) mass is 553 g/mol. The van der Waals surface area contributed by atoms with Gasteiger partial charge in [-0.3, -0.25) is 4.79 Å². The van der Waals surface area contributed by atoms with Crippen molar-refractivity contribution in [1.29, 1.82) is 0 Å². The number of ether oxygens (including phenoxy) is 1. The molecule has 5 aromatic rings. The van der Waals surface area contributed by atoms with E-state index in [1.165, 1.54) is 10.2 Å². The van der Waals surface area contributed by atoms with Crippen molar-refractivity contribution in [1.82, 2.24) is 9.66 Å². The molecule has 0 radical (unpaired) electrons. The summed E-state index contributed by atoms with van der Waals surface area (Å²) in [6, 6.07) is 26.0. The highest BCUT2D eigenvalue weighted by molar-refractivity contribution is 9.10. The summed E-state index contributed by atoms with van der Waals surface area (Å²) >= 11 is 3.47. The topological polar surface area (TPSA) is 56.5 Å². The zero-order chi connectivity index (χ0) is 25.8. The lowest BCUT2D eigenvalue weighted by atomic mass is 10.0. The largest absolute Gasteiger partial charge is 0.488 e. The Morgan fingerprint density at radius 3 is 2.62 bits per heavy atom. The van der Waals surface area contributed by atoms with Crippen LogP contribution < -0.4 is 10.3 Å². The minimum atomic E-state index is -0.184. The maximum atomic E-state index is 13.5. The van der Waals surface area contributed by atoms with Crippen LogP contribution in [0, 0.1) is 6.92 Å². The summed E-state index contributed by atoms with van der Waals surface area (Å²) < 4.78 is 8.54. The van der Waals surface area contributed by atoms with Crippen molar-refractivity contribution in [2.75, 3.05) is 0 Å². The number of nitrogens with zero attached hydrogens (tertiary/aromatic N) is 3. The molecule has 0 bridgehead atoms. The molecule has 0 aliphatic rings. The Bertz CT molecular complexity index is 1660. The molecule has 0 fully saturated rings. The van der Waals surface area contributed by atoms with E-state index >= 15 is 0 Å². The molecular weight excluding hydrogens is 526 g/mol. The number of rotatable bonds is 8. The van der Waals surface area contributed by atoms with Crippen molar-refractivity contribution in [3.8, 4) is 5.75 Å². The van der Waals surface area contributed by atoms with Crippen molar-refractivity contribution in [2.24, 2.45) is 5.10 Å². The predicted octanol–water partition coefficient (Wildman–Crippen LogP) is 7.42. The summed E-state index contributed by atoms with van der Waals surface area (Å²) in [5, 5.41) is 7.32. The lowest BCUT2D eigenvalue weighted by Crippen LogP contribution is -2.22. The number of aryl methyl sites for hydroxylation is 2. The van der Waals surface area contributed by atoms with Gasteiger partial charge in [0.15, 0.2) is 0 Å². The van der Waals surface area contributed by atoms with E-state index in [-0.39, 0.29) is 5.56 Å². The summed E-state index contributed by atoms with van der Waals surface area (Å²) in [6.07, 6.45) is 4.32. The maximum Gasteiger partial charge on any atom is 0.282 e. The zero-order valence-corrected chi connectivity index (χ0v) is 22.5. The van der Waals surface area contributed by atoms with Crippen molar-refractivity contribution in [3.05, 3.63) is 116 Å². The molecule has 1 aromatic heterocycles. The summed E-state index contributed by atoms with van der Waals surface area (Å²) in [5.74, 6) is 1.36. The maximum absolute atomic E-state index is 13.5. The summed E-state index contributed by atoms with van der Waals surface area (Å²) in [7, 11) is 0. The van der Waals surface area contributed by atoms with Gasteiger partial charge in [-0.25, -0.2) is 4.98 Å². The molecule has 5 nitrogen and oxygen atoms in total. The second kappa shape index (κ2) is 11.1. The van der Waals surface area contributed by atoms with Crippen LogP contribution in [0.5, 0.6) is 5.75 Å². The molecular formula is C31H28BrN3O2. The van der Waals surface area contributed by atoms with Crippen LogP contribution in [0.15, 0.2) is 93.2 Å². The van der Waals surface area contributed by atoms with Crippen LogP contribution in [0.25, 0.3) is 21.7 Å². The van der Waals surface area contributed by atoms with Crippen LogP contribution in [-0.2, 0) is 13.0 Å². The van der Waals surface area contributed by atoms with Gasteiger partial charge >= 0.3 is 0 Å². The minimum Gasteiger partial charge on any atom is -0.488 e. The quantitative estimate of drug-likeness (QED) is 0.188. The standard InChI is InChI=1S/C31H28BrN3O2/c1-3-4-9-30-34-28-16-15-24(32)18-26(28)31(36)35(30)33-19-27-25-8-6-5-7-23(25)14-17-29(27)37-20-22-12-10-21(2)11-13-22/h5-8,10-19H,3-4,9,20H2,1-2H3. The van der Waals surface area contributed by atoms with Crippen molar-refractivity contribution >= 4 is 43.8 Å². The molecule has 0 amide bonds. The van der Waals surface area contributed by atoms with Crippen LogP contribution in [0.4, 0.5) is 0 Å². The normalized spacial score (nSPS) is 11.5. The molecule has 0 N–H and O–H groups in total. The first-order valence-electron chi connectivity index (χ1n) is 12.5. The fraction of sp³-hybridized carbons (Fsp3) is 0.194. The second-order valence-electron chi connectivity index (χ2n) is 9.13. The van der Waals surface area contributed by atoms with Gasteiger partial charge in [0.1, 0.15) is 18.2 Å². The Kier molecular flexibility index (Phi) is 7.47. The van der Waals surface area contributed by atoms with E-state index in [0.29, 0.717) is 35.5 Å². The molecule has 0 saturated heterocycles. The Morgan fingerprint density at radius 1 is 1.00 bits per heavy atom. The van der Waals surface area contributed by atoms with Gasteiger partial charge in [-0.1, -0.05) is 89.4 Å². The number of benzene rings is 4. The van der Waals surface area contributed by atoms with Gasteiger partial charge < -0.3 is 4.74 Å². The summed E-state index contributed by atoms with van der Waals surface area (Å²) in [6.45, 7) is 4.63. The van der Waals surface area contributed by atoms with Gasteiger partial charge in [-0.05, 0) is 53.9 Å². The van der Waals surface area contributed by atoms with Gasteiger partial charge in [-0.15, -0.1) is 0 Å². The van der Waals surface area contributed by atoms with Crippen molar-refractivity contribution in [3.63, 3.8) is 0 Å². The van der Waals surface area contributed by atoms with E-state index in [0.717, 1.165) is 39.2 Å². The highest BCUT2D eigenvalue weighted by Crippen LogP contribution is 2.28. The van der Waals surface area contributed by atoms with Crippen LogP contribution >= 0.6 is 15.9 Å². The second-order valence-corrected chi connectivity index (χ2v) is 10.0. The average molecular weight is 554 g/mol. The van der Waals surface area contributed by atoms with E-state index in [4.69, 9.17) is 14.8 Å². The number of hydrogen-bond donors (Lipinski definition) is 0. The molecule has 4 aromatic carbocycles. The van der Waals surface area contributed by atoms with Gasteiger partial charge in [0.05, 0.1) is 17.1 Å². The highest BCUT2D eigenvalue weighted by Gasteiger charge is 2.13. The summed E-state index contributed by atoms with van der Waals surface area (Å²) in [4.78, 5) is 18.3. The molecule has 1 heterocycles. The van der Waals surface area contributed by atoms with Gasteiger partial charge in [0, 0.05) is 16.5 Å². The Labute approximate surface area is 224 Å². The first-order valence-corrected chi connectivity index (χ1v) is 13.3. The van der Waals surface area contributed by atoms with Gasteiger partial charge in [0.2, 0.25) is 0 Å². The number of fused-ring (bicyclic) bond motifs is 2. The Hall–Kier alpha value is -3.77. The average Bonchev–Trinajstić information content (AvgIpc) is 2.92. The Morgan fingerprint density at radius 2 is 1.81 bits per heavy atom. The molecule has 0 spiro atoms. The van der Waals surface area contributed by atoms with Crippen LogP contribution in [-0.4, -0.2) is 15.9 Å². The smallest absolute Gasteiger partial charge is 0.282 e. The fourth-order valence-electron chi connectivity index (χ4n) is 4.31. The third kappa shape index (κ3) is 5.49. The number of aromatic nitrogens is 2. The number of hydrogen-bond acceptors (Lipinski definition) is 4. The van der Waals surface area contributed by atoms with E-state index in [9.17, 15) is 4.79 Å². The molecule has 0 aliphatic carbocycles. The predicted molar refractivity (Wildman–Crippen MR) is 155 cm³/mol. The van der Waals surface area contributed by atoms with Crippen LogP contribution in [0.1, 0.15) is 42.3 Å². The highest BCUT2D eigenvalue weighted by atomic mass is 79.9. The molecule has 5 rings (SSSR count). The Balaban J connectivity index is 1.60. The minimum absolute atomic E-state index is 0.184. The SMILES string of the molecule is CCCCc1nc2ccc(Br)cc2c(=O)n1N=Cc1c(OCc2ccc(C)cc2)ccc2ccccc12. The van der Waals surface area contributed by atoms with E-state index in [2.05, 4.69) is 60.1 Å². The zero-order valence-electron chi connectivity index (χ0n) is 20.9. The lowest BCUT2D eigenvalue weighted by molar-refractivity contribution is 0.306.